The highest BCUT2D eigenvalue weighted by molar-refractivity contribution is 6.31. The van der Waals surface area contributed by atoms with Crippen molar-refractivity contribution in [2.75, 3.05) is 33.0 Å². The molecule has 4 amide bonds. The number of H-pyrrole nitrogens is 2. The molecule has 326 valence electrons. The van der Waals surface area contributed by atoms with E-state index in [0.717, 1.165) is 17.7 Å². The molecule has 0 saturated carbocycles. The lowest BCUT2D eigenvalue weighted by molar-refractivity contribution is -0.138. The van der Waals surface area contributed by atoms with Crippen molar-refractivity contribution in [1.82, 2.24) is 35.3 Å². The average Bonchev–Trinajstić information content (AvgIpc) is 3.94. The summed E-state index contributed by atoms with van der Waals surface area (Å²) in [7, 11) is 0. The second kappa shape index (κ2) is 18.2. The molecule has 63 heavy (non-hydrogen) atoms. The Labute approximate surface area is 361 Å². The number of alkyl halides is 3. The van der Waals surface area contributed by atoms with Gasteiger partial charge in [0.05, 0.1) is 42.0 Å². The summed E-state index contributed by atoms with van der Waals surface area (Å²) in [6.45, 7) is 0.546. The zero-order chi connectivity index (χ0) is 44.3. The number of aromatic amines is 2. The number of imide groups is 1. The highest BCUT2D eigenvalue weighted by atomic mass is 35.5. The fraction of sp³-hybridized carbons (Fsp3) is 0.273. The molecule has 0 spiro atoms. The SMILES string of the molecule is O=C(COCCOc1ccc(CCc2c(-c3ccc(C(F)(F)F)cc3)[nH]n(-c3nc4ccc(Cl)cc4[nH]3)c2=O)cc1)NCCOc1cccc2c1CN(C1CCC(=O)NC1=O)C2=O. The van der Waals surface area contributed by atoms with Crippen molar-refractivity contribution >= 4 is 46.3 Å². The maximum atomic E-state index is 13.8. The zero-order valence-corrected chi connectivity index (χ0v) is 34.1. The summed E-state index contributed by atoms with van der Waals surface area (Å²) in [4.78, 5) is 72.2. The third kappa shape index (κ3) is 9.61. The predicted octanol–water partition coefficient (Wildman–Crippen LogP) is 5.52. The molecule has 4 N–H and O–H groups in total. The lowest BCUT2D eigenvalue weighted by Gasteiger charge is -2.29. The van der Waals surface area contributed by atoms with Gasteiger partial charge in [-0.2, -0.15) is 17.9 Å². The first-order valence-electron chi connectivity index (χ1n) is 19.9. The second-order valence-electron chi connectivity index (χ2n) is 14.8. The minimum absolute atomic E-state index is 0.121. The van der Waals surface area contributed by atoms with E-state index >= 15 is 0 Å². The molecule has 0 bridgehead atoms. The Kier molecular flexibility index (Phi) is 12.4. The first kappa shape index (κ1) is 42.8. The van der Waals surface area contributed by atoms with Gasteiger partial charge in [0.25, 0.3) is 11.5 Å². The second-order valence-corrected chi connectivity index (χ2v) is 15.3. The molecule has 4 heterocycles. The van der Waals surface area contributed by atoms with Crippen LogP contribution in [0.25, 0.3) is 28.2 Å². The van der Waals surface area contributed by atoms with Gasteiger partial charge in [0.1, 0.15) is 37.4 Å². The number of piperidine rings is 1. The number of imidazole rings is 1. The molecule has 1 saturated heterocycles. The van der Waals surface area contributed by atoms with Gasteiger partial charge in [0.2, 0.25) is 23.7 Å². The van der Waals surface area contributed by atoms with Crippen LogP contribution in [-0.4, -0.2) is 87.3 Å². The molecule has 2 aliphatic rings. The summed E-state index contributed by atoms with van der Waals surface area (Å²) in [5.74, 6) is -0.306. The largest absolute Gasteiger partial charge is 0.491 e. The fourth-order valence-electron chi connectivity index (χ4n) is 7.49. The number of carbonyl (C=O) groups is 4. The van der Waals surface area contributed by atoms with Crippen molar-refractivity contribution < 1.29 is 46.6 Å². The summed E-state index contributed by atoms with van der Waals surface area (Å²) in [5, 5.41) is 8.52. The fourth-order valence-corrected chi connectivity index (χ4v) is 7.66. The number of benzene rings is 4. The third-order valence-electron chi connectivity index (χ3n) is 10.7. The van der Waals surface area contributed by atoms with E-state index in [2.05, 4.69) is 25.7 Å². The van der Waals surface area contributed by atoms with Crippen molar-refractivity contribution in [3.8, 4) is 28.7 Å². The Morgan fingerprint density at radius 1 is 0.921 bits per heavy atom. The standard InChI is InChI=1S/C44H39ClF3N7O8/c45-28-11-15-33-34(22-28)51-43(50-33)55-42(60)31(39(53-55)26-7-9-27(10-8-26)44(46,47)48)14-6-25-4-12-29(13-5-25)62-21-20-61-24-38(57)49-18-19-63-36-3-1-2-30-32(36)23-54(41(30)59)35-16-17-37(56)52-40(35)58/h1-5,7-13,15,22,35,53H,6,14,16-21,23-24H2,(H,49,57)(H,50,51)(H,52,56,58). The summed E-state index contributed by atoms with van der Waals surface area (Å²) < 4.78 is 58.3. The van der Waals surface area contributed by atoms with Crippen LogP contribution in [-0.2, 0) is 44.7 Å². The monoisotopic (exact) mass is 885 g/mol. The number of fused-ring (bicyclic) bond motifs is 2. The number of aryl methyl sites for hydroxylation is 1. The van der Waals surface area contributed by atoms with Crippen molar-refractivity contribution in [3.63, 3.8) is 0 Å². The van der Waals surface area contributed by atoms with Gasteiger partial charge in [-0.05, 0) is 85.0 Å². The molecule has 1 fully saturated rings. The Bertz CT molecular complexity index is 2750. The van der Waals surface area contributed by atoms with Crippen LogP contribution in [0.2, 0.25) is 5.02 Å². The van der Waals surface area contributed by atoms with E-state index in [4.69, 9.17) is 25.8 Å². The lowest BCUT2D eigenvalue weighted by Crippen LogP contribution is -2.52. The van der Waals surface area contributed by atoms with Gasteiger partial charge in [-0.1, -0.05) is 41.9 Å². The van der Waals surface area contributed by atoms with Crippen LogP contribution < -0.4 is 25.7 Å². The molecule has 2 aliphatic heterocycles. The van der Waals surface area contributed by atoms with E-state index in [1.54, 1.807) is 48.5 Å². The van der Waals surface area contributed by atoms with E-state index in [-0.39, 0.29) is 82.4 Å². The van der Waals surface area contributed by atoms with Gasteiger partial charge in [-0.25, -0.2) is 4.98 Å². The Morgan fingerprint density at radius 2 is 1.71 bits per heavy atom. The number of amides is 4. The van der Waals surface area contributed by atoms with Gasteiger partial charge in [0.15, 0.2) is 0 Å². The molecular weight excluding hydrogens is 847 g/mol. The number of halogens is 4. The van der Waals surface area contributed by atoms with Crippen LogP contribution in [0.3, 0.4) is 0 Å². The van der Waals surface area contributed by atoms with Crippen LogP contribution in [0.4, 0.5) is 13.2 Å². The van der Waals surface area contributed by atoms with Crippen molar-refractivity contribution in [3.05, 3.63) is 128 Å². The van der Waals surface area contributed by atoms with Gasteiger partial charge in [0, 0.05) is 28.1 Å². The molecule has 2 aromatic heterocycles. The minimum Gasteiger partial charge on any atom is -0.491 e. The molecule has 1 unspecified atom stereocenters. The van der Waals surface area contributed by atoms with E-state index in [0.29, 0.717) is 61.9 Å². The molecule has 8 rings (SSSR count). The Morgan fingerprint density at radius 3 is 2.48 bits per heavy atom. The number of aromatic nitrogens is 4. The molecule has 6 aromatic rings. The van der Waals surface area contributed by atoms with E-state index in [1.807, 2.05) is 12.1 Å². The molecule has 15 nitrogen and oxygen atoms in total. The van der Waals surface area contributed by atoms with Gasteiger partial charge in [-0.3, -0.25) is 34.4 Å². The summed E-state index contributed by atoms with van der Waals surface area (Å²) in [6.07, 6.45) is -3.42. The van der Waals surface area contributed by atoms with Crippen molar-refractivity contribution in [2.24, 2.45) is 0 Å². The number of hydrogen-bond donors (Lipinski definition) is 4. The van der Waals surface area contributed by atoms with E-state index < -0.39 is 29.2 Å². The van der Waals surface area contributed by atoms with Crippen molar-refractivity contribution in [2.45, 2.75) is 44.4 Å². The van der Waals surface area contributed by atoms with E-state index in [9.17, 15) is 37.1 Å². The van der Waals surface area contributed by atoms with Gasteiger partial charge < -0.3 is 29.4 Å². The van der Waals surface area contributed by atoms with E-state index in [1.165, 1.54) is 21.7 Å². The third-order valence-corrected chi connectivity index (χ3v) is 10.9. The van der Waals surface area contributed by atoms with Gasteiger partial charge >= 0.3 is 6.18 Å². The summed E-state index contributed by atoms with van der Waals surface area (Å²) in [5.41, 5.74) is 3.03. The zero-order valence-electron chi connectivity index (χ0n) is 33.4. The normalized spacial score (nSPS) is 15.1. The average molecular weight is 886 g/mol. The quantitative estimate of drug-likeness (QED) is 0.0717. The molecule has 1 atom stereocenters. The Balaban J connectivity index is 0.791. The number of carbonyl (C=O) groups excluding carboxylic acids is 4. The number of hydrogen-bond acceptors (Lipinski definition) is 9. The van der Waals surface area contributed by atoms with Crippen molar-refractivity contribution in [1.29, 1.82) is 0 Å². The molecule has 19 heteroatoms. The molecule has 4 aromatic carbocycles. The smallest absolute Gasteiger partial charge is 0.416 e. The van der Waals surface area contributed by atoms with Crippen LogP contribution in [0, 0.1) is 0 Å². The molecular formula is C44H39ClF3N7O8. The predicted molar refractivity (Wildman–Crippen MR) is 223 cm³/mol. The summed E-state index contributed by atoms with van der Waals surface area (Å²) >= 11 is 6.13. The first-order chi connectivity index (χ1) is 30.3. The van der Waals surface area contributed by atoms with Gasteiger partial charge in [-0.15, -0.1) is 0 Å². The first-order valence-corrected chi connectivity index (χ1v) is 20.3. The molecule has 0 aliphatic carbocycles. The number of nitrogens with zero attached hydrogens (tertiary/aromatic N) is 3. The number of nitrogens with one attached hydrogen (secondary N) is 4. The summed E-state index contributed by atoms with van der Waals surface area (Å²) in [6, 6.07) is 21.2. The highest BCUT2D eigenvalue weighted by Crippen LogP contribution is 2.34. The highest BCUT2D eigenvalue weighted by Gasteiger charge is 2.40. The maximum absolute atomic E-state index is 13.8. The topological polar surface area (TPSA) is 190 Å². The number of rotatable bonds is 16. The van der Waals surface area contributed by atoms with Crippen LogP contribution >= 0.6 is 11.6 Å². The van der Waals surface area contributed by atoms with Crippen LogP contribution in [0.5, 0.6) is 11.5 Å². The Hall–Kier alpha value is -6.92. The van der Waals surface area contributed by atoms with Crippen LogP contribution in [0.15, 0.2) is 89.7 Å². The molecule has 0 radical (unpaired) electrons. The number of ether oxygens (including phenoxy) is 3. The van der Waals surface area contributed by atoms with Crippen LogP contribution in [0.1, 0.15) is 45.5 Å². The minimum atomic E-state index is -4.51. The maximum Gasteiger partial charge on any atom is 0.416 e. The lowest BCUT2D eigenvalue weighted by atomic mass is 10.0.